The van der Waals surface area contributed by atoms with E-state index in [4.69, 9.17) is 26.1 Å². The van der Waals surface area contributed by atoms with Gasteiger partial charge in [0.2, 0.25) is 0 Å². The van der Waals surface area contributed by atoms with Gasteiger partial charge in [-0.25, -0.2) is 9.79 Å². The maximum Gasteiger partial charge on any atom is 0.338 e. The molecule has 0 unspecified atom stereocenters. The molecule has 0 radical (unpaired) electrons. The van der Waals surface area contributed by atoms with Crippen LogP contribution in [0.1, 0.15) is 42.1 Å². The first-order valence-electron chi connectivity index (χ1n) is 15.8. The number of fused-ring (bicyclic) bond motifs is 2. The molecule has 0 saturated carbocycles. The van der Waals surface area contributed by atoms with E-state index in [0.29, 0.717) is 44.5 Å². The standard InChI is InChI=1S/C39H32ClN3O4S/c1-3-46-30-20-16-27(17-21-30)36-34(38(45)47-4-2)35(26-10-6-5-7-11-26)41-39-43(36)37(44)33(48-39)22-28-24-42(32-13-9-8-12-31(28)32)23-25-14-18-29(40)19-15-25/h5-22,24,36H,3-4,23H2,1-2H3/b33-22+/t36-/m0/s1. The van der Waals surface area contributed by atoms with Gasteiger partial charge in [-0.3, -0.25) is 9.36 Å². The van der Waals surface area contributed by atoms with Gasteiger partial charge in [0.25, 0.3) is 5.56 Å². The van der Waals surface area contributed by atoms with Crippen LogP contribution in [0.25, 0.3) is 22.7 Å². The minimum atomic E-state index is -0.764. The van der Waals surface area contributed by atoms with Gasteiger partial charge in [-0.15, -0.1) is 0 Å². The van der Waals surface area contributed by atoms with E-state index in [9.17, 15) is 9.59 Å². The molecule has 0 bridgehead atoms. The fourth-order valence-corrected chi connectivity index (χ4v) is 7.24. The Balaban J connectivity index is 1.43. The number of hydrogen-bond donors (Lipinski definition) is 0. The molecule has 0 aliphatic carbocycles. The summed E-state index contributed by atoms with van der Waals surface area (Å²) in [4.78, 5) is 33.7. The van der Waals surface area contributed by atoms with Crippen molar-refractivity contribution < 1.29 is 14.3 Å². The molecule has 0 fully saturated rings. The number of aromatic nitrogens is 2. The Morgan fingerprint density at radius 1 is 0.917 bits per heavy atom. The number of carbonyl (C=O) groups is 1. The normalized spacial score (nSPS) is 14.6. The lowest BCUT2D eigenvalue weighted by Crippen LogP contribution is -2.40. The highest BCUT2D eigenvalue weighted by Gasteiger charge is 2.35. The molecule has 0 saturated heterocycles. The molecule has 0 spiro atoms. The molecule has 0 N–H and O–H groups in total. The largest absolute Gasteiger partial charge is 0.494 e. The Bertz CT molecular complexity index is 2340. The third kappa shape index (κ3) is 6.01. The van der Waals surface area contributed by atoms with Crippen LogP contribution >= 0.6 is 22.9 Å². The maximum absolute atomic E-state index is 14.5. The van der Waals surface area contributed by atoms with Crippen molar-refractivity contribution in [3.63, 3.8) is 0 Å². The van der Waals surface area contributed by atoms with Crippen molar-refractivity contribution in [2.45, 2.75) is 26.4 Å². The van der Waals surface area contributed by atoms with Crippen molar-refractivity contribution in [2.24, 2.45) is 4.99 Å². The Morgan fingerprint density at radius 2 is 1.65 bits per heavy atom. The van der Waals surface area contributed by atoms with Crippen molar-refractivity contribution in [1.29, 1.82) is 0 Å². The van der Waals surface area contributed by atoms with Crippen LogP contribution in [-0.4, -0.2) is 28.3 Å². The highest BCUT2D eigenvalue weighted by atomic mass is 35.5. The summed E-state index contributed by atoms with van der Waals surface area (Å²) in [5.41, 5.74) is 5.15. The molecule has 4 aromatic carbocycles. The van der Waals surface area contributed by atoms with E-state index in [-0.39, 0.29) is 12.2 Å². The average Bonchev–Trinajstić information content (AvgIpc) is 3.61. The summed E-state index contributed by atoms with van der Waals surface area (Å²) in [7, 11) is 0. The number of para-hydroxylation sites is 1. The molecule has 3 heterocycles. The Kier molecular flexibility index (Phi) is 8.84. The van der Waals surface area contributed by atoms with Crippen molar-refractivity contribution in [2.75, 3.05) is 13.2 Å². The monoisotopic (exact) mass is 673 g/mol. The van der Waals surface area contributed by atoms with Gasteiger partial charge in [0.15, 0.2) is 4.80 Å². The fraction of sp³-hybridized carbons (Fsp3) is 0.154. The first kappa shape index (κ1) is 31.4. The van der Waals surface area contributed by atoms with E-state index < -0.39 is 12.0 Å². The van der Waals surface area contributed by atoms with Crippen LogP contribution in [0.5, 0.6) is 5.75 Å². The zero-order valence-corrected chi connectivity index (χ0v) is 28.0. The van der Waals surface area contributed by atoms with Crippen molar-refractivity contribution in [3.8, 4) is 5.75 Å². The summed E-state index contributed by atoms with van der Waals surface area (Å²) in [6.45, 7) is 5.05. The Morgan fingerprint density at radius 3 is 2.38 bits per heavy atom. The molecule has 1 aliphatic heterocycles. The van der Waals surface area contributed by atoms with Crippen LogP contribution in [0.15, 0.2) is 125 Å². The van der Waals surface area contributed by atoms with E-state index in [0.717, 1.165) is 33.2 Å². The maximum atomic E-state index is 14.5. The second-order valence-corrected chi connectivity index (χ2v) is 12.7. The molecule has 240 valence electrons. The van der Waals surface area contributed by atoms with E-state index >= 15 is 0 Å². The van der Waals surface area contributed by atoms with Crippen LogP contribution in [0.2, 0.25) is 5.02 Å². The zero-order chi connectivity index (χ0) is 33.2. The summed E-state index contributed by atoms with van der Waals surface area (Å²) >= 11 is 7.44. The molecule has 2 aromatic heterocycles. The molecule has 0 amide bonds. The minimum Gasteiger partial charge on any atom is -0.494 e. The number of benzene rings is 4. The molecule has 7 nitrogen and oxygen atoms in total. The summed E-state index contributed by atoms with van der Waals surface area (Å²) < 4.78 is 15.6. The van der Waals surface area contributed by atoms with E-state index in [2.05, 4.69) is 22.9 Å². The van der Waals surface area contributed by atoms with Gasteiger partial charge in [-0.2, -0.15) is 0 Å². The number of ether oxygens (including phenoxy) is 2. The summed E-state index contributed by atoms with van der Waals surface area (Å²) in [6, 6.07) is 32.2. The fourth-order valence-electron chi connectivity index (χ4n) is 6.12. The quantitative estimate of drug-likeness (QED) is 0.155. The highest BCUT2D eigenvalue weighted by molar-refractivity contribution is 7.07. The van der Waals surface area contributed by atoms with Crippen LogP contribution in [0.4, 0.5) is 0 Å². The van der Waals surface area contributed by atoms with Gasteiger partial charge < -0.3 is 14.0 Å². The summed E-state index contributed by atoms with van der Waals surface area (Å²) in [5.74, 6) is 0.187. The van der Waals surface area contributed by atoms with Gasteiger partial charge in [0, 0.05) is 39.8 Å². The second kappa shape index (κ2) is 13.5. The van der Waals surface area contributed by atoms with Crippen molar-refractivity contribution in [3.05, 3.63) is 162 Å². The van der Waals surface area contributed by atoms with Gasteiger partial charge in [-0.1, -0.05) is 95.7 Å². The molecule has 1 aliphatic rings. The zero-order valence-electron chi connectivity index (χ0n) is 26.4. The lowest BCUT2D eigenvalue weighted by Gasteiger charge is -2.26. The number of rotatable bonds is 9. The van der Waals surface area contributed by atoms with Gasteiger partial charge in [-0.05, 0) is 61.4 Å². The van der Waals surface area contributed by atoms with Crippen LogP contribution in [0.3, 0.4) is 0 Å². The van der Waals surface area contributed by atoms with E-state index in [1.54, 1.807) is 11.5 Å². The Labute approximate surface area is 286 Å². The number of hydrogen-bond acceptors (Lipinski definition) is 6. The molecular weight excluding hydrogens is 642 g/mol. The average molecular weight is 674 g/mol. The second-order valence-electron chi connectivity index (χ2n) is 11.3. The predicted molar refractivity (Wildman–Crippen MR) is 191 cm³/mol. The number of halogens is 1. The molecule has 1 atom stereocenters. The number of thiazole rings is 1. The topological polar surface area (TPSA) is 74.8 Å². The molecule has 7 rings (SSSR count). The summed E-state index contributed by atoms with van der Waals surface area (Å²) in [6.07, 6.45) is 4.00. The van der Waals surface area contributed by atoms with Crippen molar-refractivity contribution in [1.82, 2.24) is 9.13 Å². The number of carbonyl (C=O) groups excluding carboxylic acids is 1. The smallest absolute Gasteiger partial charge is 0.338 e. The lowest BCUT2D eigenvalue weighted by atomic mass is 9.93. The number of esters is 1. The predicted octanol–water partition coefficient (Wildman–Crippen LogP) is 6.99. The molecule has 9 heteroatoms. The van der Waals surface area contributed by atoms with E-state index in [1.165, 1.54) is 11.3 Å². The SMILES string of the molecule is CCOC(=O)C1=C(c2ccccc2)N=c2s/c(=C/c3cn(Cc4ccc(Cl)cc4)c4ccccc34)c(=O)n2[C@H]1c1ccc(OCC)cc1. The third-order valence-corrected chi connectivity index (χ3v) is 9.49. The highest BCUT2D eigenvalue weighted by Crippen LogP contribution is 2.36. The summed E-state index contributed by atoms with van der Waals surface area (Å²) in [5, 5.41) is 1.72. The van der Waals surface area contributed by atoms with Crippen LogP contribution in [0, 0.1) is 0 Å². The van der Waals surface area contributed by atoms with Gasteiger partial charge in [0.05, 0.1) is 35.1 Å². The van der Waals surface area contributed by atoms with Crippen LogP contribution in [-0.2, 0) is 16.1 Å². The number of nitrogens with zero attached hydrogens (tertiary/aromatic N) is 3. The van der Waals surface area contributed by atoms with Gasteiger partial charge >= 0.3 is 5.97 Å². The minimum absolute atomic E-state index is 0.185. The first-order chi connectivity index (χ1) is 23.4. The van der Waals surface area contributed by atoms with E-state index in [1.807, 2.05) is 104 Å². The van der Waals surface area contributed by atoms with Gasteiger partial charge in [0.1, 0.15) is 5.75 Å². The molecule has 6 aromatic rings. The van der Waals surface area contributed by atoms with Crippen molar-refractivity contribution >= 4 is 51.6 Å². The molecule has 48 heavy (non-hydrogen) atoms. The first-order valence-corrected chi connectivity index (χ1v) is 17.0. The lowest BCUT2D eigenvalue weighted by molar-refractivity contribution is -0.138. The van der Waals surface area contributed by atoms with Crippen LogP contribution < -0.4 is 19.6 Å². The third-order valence-electron chi connectivity index (χ3n) is 8.25. The molecular formula is C39H32ClN3O4S. The Hall–Kier alpha value is -5.18.